The van der Waals surface area contributed by atoms with Gasteiger partial charge in [0.2, 0.25) is 10.0 Å². The molecule has 0 unspecified atom stereocenters. The van der Waals surface area contributed by atoms with Gasteiger partial charge in [0.15, 0.2) is 0 Å². The number of aryl methyl sites for hydroxylation is 1. The molecular formula is C18H21N3O6S. The Balaban J connectivity index is 1.86. The predicted octanol–water partition coefficient (Wildman–Crippen LogP) is 1.96. The van der Waals surface area contributed by atoms with Gasteiger partial charge in [0.1, 0.15) is 12.4 Å². The molecule has 9 nitrogen and oxygen atoms in total. The largest absolute Gasteiger partial charge is 0.492 e. The van der Waals surface area contributed by atoms with Crippen LogP contribution in [-0.4, -0.2) is 50.8 Å². The van der Waals surface area contributed by atoms with Crippen LogP contribution in [0.3, 0.4) is 0 Å². The van der Waals surface area contributed by atoms with Gasteiger partial charge in [-0.2, -0.15) is 0 Å². The summed E-state index contributed by atoms with van der Waals surface area (Å²) in [6.07, 6.45) is 0. The van der Waals surface area contributed by atoms with Crippen molar-refractivity contribution in [3.05, 3.63) is 63.7 Å². The minimum atomic E-state index is -3.49. The molecule has 2 aromatic carbocycles. The average molecular weight is 407 g/mol. The minimum Gasteiger partial charge on any atom is -0.492 e. The first-order chi connectivity index (χ1) is 13.1. The van der Waals surface area contributed by atoms with Crippen LogP contribution in [0.25, 0.3) is 0 Å². The van der Waals surface area contributed by atoms with Gasteiger partial charge < -0.3 is 10.1 Å². The predicted molar refractivity (Wildman–Crippen MR) is 103 cm³/mol. The van der Waals surface area contributed by atoms with Gasteiger partial charge in [-0.15, -0.1) is 0 Å². The zero-order valence-corrected chi connectivity index (χ0v) is 16.5. The Labute approximate surface area is 163 Å². The van der Waals surface area contributed by atoms with Crippen molar-refractivity contribution < 1.29 is 22.9 Å². The standard InChI is InChI=1S/C18H21N3O6S/c1-13-12-14(4-9-17(13)21(23)24)18(22)19-10-11-27-15-5-7-16(8-6-15)28(25,26)20(2)3/h4-9,12H,10-11H2,1-3H3,(H,19,22). The number of amides is 1. The van der Waals surface area contributed by atoms with Gasteiger partial charge in [0.25, 0.3) is 11.6 Å². The number of nitrogens with one attached hydrogen (secondary N) is 1. The molecule has 0 spiro atoms. The van der Waals surface area contributed by atoms with Crippen LogP contribution in [-0.2, 0) is 10.0 Å². The van der Waals surface area contributed by atoms with E-state index < -0.39 is 14.9 Å². The van der Waals surface area contributed by atoms with Crippen molar-refractivity contribution >= 4 is 21.6 Å². The smallest absolute Gasteiger partial charge is 0.272 e. The average Bonchev–Trinajstić information content (AvgIpc) is 2.64. The van der Waals surface area contributed by atoms with Gasteiger partial charge >= 0.3 is 0 Å². The molecule has 150 valence electrons. The van der Waals surface area contributed by atoms with Crippen LogP contribution < -0.4 is 10.1 Å². The molecule has 28 heavy (non-hydrogen) atoms. The number of rotatable bonds is 8. The number of hydrogen-bond acceptors (Lipinski definition) is 6. The maximum atomic E-state index is 12.1. The van der Waals surface area contributed by atoms with Gasteiger partial charge in [-0.1, -0.05) is 0 Å². The monoisotopic (exact) mass is 407 g/mol. The third-order valence-corrected chi connectivity index (χ3v) is 5.74. The molecule has 2 rings (SSSR count). The van der Waals surface area contributed by atoms with Crippen LogP contribution in [0.4, 0.5) is 5.69 Å². The Morgan fingerprint density at radius 3 is 2.36 bits per heavy atom. The second-order valence-electron chi connectivity index (χ2n) is 6.12. The van der Waals surface area contributed by atoms with Crippen molar-refractivity contribution in [2.45, 2.75) is 11.8 Å². The van der Waals surface area contributed by atoms with E-state index in [9.17, 15) is 23.3 Å². The summed E-state index contributed by atoms with van der Waals surface area (Å²) in [5, 5.41) is 13.5. The van der Waals surface area contributed by atoms with Crippen molar-refractivity contribution in [2.75, 3.05) is 27.2 Å². The number of benzene rings is 2. The summed E-state index contributed by atoms with van der Waals surface area (Å²) in [5.41, 5.74) is 0.683. The fourth-order valence-electron chi connectivity index (χ4n) is 2.36. The van der Waals surface area contributed by atoms with E-state index in [0.717, 1.165) is 4.31 Å². The van der Waals surface area contributed by atoms with Gasteiger partial charge in [-0.05, 0) is 43.3 Å². The maximum Gasteiger partial charge on any atom is 0.272 e. The van der Waals surface area contributed by atoms with Gasteiger partial charge in [0, 0.05) is 31.3 Å². The highest BCUT2D eigenvalue weighted by molar-refractivity contribution is 7.89. The van der Waals surface area contributed by atoms with E-state index in [1.54, 1.807) is 6.92 Å². The van der Waals surface area contributed by atoms with Crippen LogP contribution in [0.2, 0.25) is 0 Å². The lowest BCUT2D eigenvalue weighted by Gasteiger charge is -2.12. The molecule has 0 saturated carbocycles. The van der Waals surface area contributed by atoms with Crippen molar-refractivity contribution in [1.29, 1.82) is 0 Å². The summed E-state index contributed by atoms with van der Waals surface area (Å²) in [6.45, 7) is 1.96. The van der Waals surface area contributed by atoms with Gasteiger partial charge in [-0.25, -0.2) is 12.7 Å². The fourth-order valence-corrected chi connectivity index (χ4v) is 3.26. The summed E-state index contributed by atoms with van der Waals surface area (Å²) in [6, 6.07) is 10.1. The Morgan fingerprint density at radius 1 is 1.18 bits per heavy atom. The topological polar surface area (TPSA) is 119 Å². The Kier molecular flexibility index (Phi) is 6.71. The SMILES string of the molecule is Cc1cc(C(=O)NCCOc2ccc(S(=O)(=O)N(C)C)cc2)ccc1[N+](=O)[O-]. The van der Waals surface area contributed by atoms with Crippen LogP contribution in [0.5, 0.6) is 5.75 Å². The first kappa shape index (κ1) is 21.3. The third kappa shape index (κ3) is 5.05. The fraction of sp³-hybridized carbons (Fsp3) is 0.278. The first-order valence-electron chi connectivity index (χ1n) is 8.31. The highest BCUT2D eigenvalue weighted by Crippen LogP contribution is 2.19. The molecule has 0 aromatic heterocycles. The van der Waals surface area contributed by atoms with E-state index >= 15 is 0 Å². The number of carbonyl (C=O) groups excluding carboxylic acids is 1. The molecule has 0 aliphatic heterocycles. The van der Waals surface area contributed by atoms with Crippen molar-refractivity contribution in [1.82, 2.24) is 9.62 Å². The lowest BCUT2D eigenvalue weighted by atomic mass is 10.1. The van der Waals surface area contributed by atoms with E-state index in [1.165, 1.54) is 56.6 Å². The maximum absolute atomic E-state index is 12.1. The molecule has 0 radical (unpaired) electrons. The molecule has 0 atom stereocenters. The highest BCUT2D eigenvalue weighted by Gasteiger charge is 2.17. The lowest BCUT2D eigenvalue weighted by molar-refractivity contribution is -0.385. The van der Waals surface area contributed by atoms with E-state index in [2.05, 4.69) is 5.32 Å². The molecule has 0 bridgehead atoms. The minimum absolute atomic E-state index is 0.0420. The number of ether oxygens (including phenoxy) is 1. The number of sulfonamides is 1. The highest BCUT2D eigenvalue weighted by atomic mass is 32.2. The second-order valence-corrected chi connectivity index (χ2v) is 8.27. The summed E-state index contributed by atoms with van der Waals surface area (Å²) < 4.78 is 30.6. The molecular weight excluding hydrogens is 386 g/mol. The number of carbonyl (C=O) groups is 1. The van der Waals surface area contributed by atoms with Crippen molar-refractivity contribution in [3.8, 4) is 5.75 Å². The Morgan fingerprint density at radius 2 is 1.82 bits per heavy atom. The van der Waals surface area contributed by atoms with Crippen LogP contribution in [0, 0.1) is 17.0 Å². The summed E-state index contributed by atoms with van der Waals surface area (Å²) in [7, 11) is -0.588. The van der Waals surface area contributed by atoms with Crippen LogP contribution >= 0.6 is 0 Å². The summed E-state index contributed by atoms with van der Waals surface area (Å²) in [5.74, 6) is 0.104. The number of nitro groups is 1. The Bertz CT molecular complexity index is 971. The molecule has 0 saturated heterocycles. The lowest BCUT2D eigenvalue weighted by Crippen LogP contribution is -2.28. The van der Waals surface area contributed by atoms with E-state index in [-0.39, 0.29) is 29.6 Å². The number of nitro benzene ring substituents is 1. The molecule has 2 aromatic rings. The first-order valence-corrected chi connectivity index (χ1v) is 9.75. The summed E-state index contributed by atoms with van der Waals surface area (Å²) in [4.78, 5) is 22.6. The van der Waals surface area contributed by atoms with Crippen molar-refractivity contribution in [2.24, 2.45) is 0 Å². The van der Waals surface area contributed by atoms with Crippen LogP contribution in [0.15, 0.2) is 47.4 Å². The molecule has 1 amide bonds. The van der Waals surface area contributed by atoms with Crippen LogP contribution in [0.1, 0.15) is 15.9 Å². The summed E-state index contributed by atoms with van der Waals surface area (Å²) >= 11 is 0. The third-order valence-electron chi connectivity index (χ3n) is 3.91. The molecule has 10 heteroatoms. The van der Waals surface area contributed by atoms with E-state index in [4.69, 9.17) is 4.74 Å². The van der Waals surface area contributed by atoms with E-state index in [0.29, 0.717) is 16.9 Å². The van der Waals surface area contributed by atoms with Crippen molar-refractivity contribution in [3.63, 3.8) is 0 Å². The number of hydrogen-bond donors (Lipinski definition) is 1. The number of nitrogens with zero attached hydrogens (tertiary/aromatic N) is 2. The quantitative estimate of drug-likeness (QED) is 0.406. The molecule has 0 aliphatic carbocycles. The van der Waals surface area contributed by atoms with Gasteiger partial charge in [-0.3, -0.25) is 14.9 Å². The molecule has 0 heterocycles. The zero-order valence-electron chi connectivity index (χ0n) is 15.7. The van der Waals surface area contributed by atoms with Gasteiger partial charge in [0.05, 0.1) is 16.4 Å². The second kappa shape index (κ2) is 8.81. The van der Waals surface area contributed by atoms with E-state index in [1.807, 2.05) is 0 Å². The molecule has 0 fully saturated rings. The zero-order chi connectivity index (χ0) is 20.9. The molecule has 0 aliphatic rings. The Hall–Kier alpha value is -2.98. The molecule has 1 N–H and O–H groups in total. The normalized spacial score (nSPS) is 11.3.